The van der Waals surface area contributed by atoms with Crippen molar-refractivity contribution in [3.8, 4) is 0 Å². The maximum atomic E-state index is 12.4. The van der Waals surface area contributed by atoms with Crippen LogP contribution in [0.2, 0.25) is 0 Å². The number of nitrogens with zero attached hydrogens (tertiary/aromatic N) is 3. The van der Waals surface area contributed by atoms with Crippen LogP contribution in [-0.4, -0.2) is 39.9 Å². The molecule has 0 saturated carbocycles. The van der Waals surface area contributed by atoms with E-state index in [-0.39, 0.29) is 0 Å². The standard InChI is InChI=1S/C29H41N3O3/c1-10-13-26(33)24(19(4)11-2)14-20(5)23(12-3)25-15-21-18-31-27(16-22(21)17-30-25)32(9)28(34)35-29(6,7)8/h12,14-18,26,33H,10-11,13H2,1-9H3/b20-14-,23-12+,24-19-. The van der Waals surface area contributed by atoms with Crippen LogP contribution in [0.3, 0.4) is 0 Å². The monoisotopic (exact) mass is 479 g/mol. The highest BCUT2D eigenvalue weighted by molar-refractivity contribution is 5.92. The van der Waals surface area contributed by atoms with Gasteiger partial charge in [-0.1, -0.05) is 38.0 Å². The molecule has 1 amide bonds. The Bertz CT molecular complexity index is 1140. The van der Waals surface area contributed by atoms with Crippen molar-refractivity contribution in [1.29, 1.82) is 0 Å². The van der Waals surface area contributed by atoms with Gasteiger partial charge in [0, 0.05) is 30.2 Å². The third-order valence-electron chi connectivity index (χ3n) is 5.91. The number of pyridine rings is 2. The van der Waals surface area contributed by atoms with Crippen LogP contribution in [0.1, 0.15) is 80.3 Å². The summed E-state index contributed by atoms with van der Waals surface area (Å²) in [4.78, 5) is 23.0. The van der Waals surface area contributed by atoms with Crippen molar-refractivity contribution in [3.63, 3.8) is 0 Å². The van der Waals surface area contributed by atoms with E-state index in [0.29, 0.717) is 5.82 Å². The van der Waals surface area contributed by atoms with Crippen molar-refractivity contribution in [1.82, 2.24) is 9.97 Å². The number of anilines is 1. The van der Waals surface area contributed by atoms with Crippen molar-refractivity contribution < 1.29 is 14.6 Å². The quantitative estimate of drug-likeness (QED) is 0.404. The van der Waals surface area contributed by atoms with E-state index in [4.69, 9.17) is 9.72 Å². The molecular weight excluding hydrogens is 438 g/mol. The number of aliphatic hydroxyl groups is 1. The van der Waals surface area contributed by atoms with Crippen LogP contribution in [0.5, 0.6) is 0 Å². The Morgan fingerprint density at radius 3 is 2.34 bits per heavy atom. The number of ether oxygens (including phenoxy) is 1. The second kappa shape index (κ2) is 12.1. The van der Waals surface area contributed by atoms with E-state index >= 15 is 0 Å². The molecule has 0 aliphatic rings. The van der Waals surface area contributed by atoms with Gasteiger partial charge in [-0.25, -0.2) is 9.78 Å². The van der Waals surface area contributed by atoms with E-state index in [2.05, 4.69) is 38.8 Å². The highest BCUT2D eigenvalue weighted by Crippen LogP contribution is 2.28. The van der Waals surface area contributed by atoms with Crippen LogP contribution in [-0.2, 0) is 4.74 Å². The molecule has 190 valence electrons. The predicted molar refractivity (Wildman–Crippen MR) is 145 cm³/mol. The maximum Gasteiger partial charge on any atom is 0.415 e. The number of amides is 1. The van der Waals surface area contributed by atoms with E-state index in [1.54, 1.807) is 19.4 Å². The Morgan fingerprint density at radius 1 is 1.14 bits per heavy atom. The highest BCUT2D eigenvalue weighted by atomic mass is 16.6. The Morgan fingerprint density at radius 2 is 1.77 bits per heavy atom. The highest BCUT2D eigenvalue weighted by Gasteiger charge is 2.21. The maximum absolute atomic E-state index is 12.4. The lowest BCUT2D eigenvalue weighted by atomic mass is 9.93. The molecule has 0 saturated heterocycles. The van der Waals surface area contributed by atoms with E-state index in [1.165, 1.54) is 10.5 Å². The molecule has 1 unspecified atom stereocenters. The number of allylic oxidation sites excluding steroid dienone is 4. The van der Waals surface area contributed by atoms with Gasteiger partial charge in [0.2, 0.25) is 0 Å². The van der Waals surface area contributed by atoms with Crippen LogP contribution >= 0.6 is 0 Å². The molecule has 0 spiro atoms. The number of fused-ring (bicyclic) bond motifs is 1. The minimum Gasteiger partial charge on any atom is -0.443 e. The fourth-order valence-electron chi connectivity index (χ4n) is 3.81. The van der Waals surface area contributed by atoms with Gasteiger partial charge in [-0.2, -0.15) is 0 Å². The van der Waals surface area contributed by atoms with Crippen LogP contribution in [0, 0.1) is 0 Å². The van der Waals surface area contributed by atoms with Crippen LogP contribution < -0.4 is 4.90 Å². The van der Waals surface area contributed by atoms with Gasteiger partial charge in [-0.15, -0.1) is 0 Å². The molecule has 0 fully saturated rings. The fraction of sp³-hybridized carbons (Fsp3) is 0.483. The molecule has 35 heavy (non-hydrogen) atoms. The zero-order valence-electron chi connectivity index (χ0n) is 22.8. The number of carbonyl (C=O) groups is 1. The predicted octanol–water partition coefficient (Wildman–Crippen LogP) is 7.24. The minimum atomic E-state index is -0.579. The molecule has 1 atom stereocenters. The average molecular weight is 480 g/mol. The van der Waals surface area contributed by atoms with Crippen molar-refractivity contribution in [2.45, 2.75) is 86.4 Å². The van der Waals surface area contributed by atoms with Crippen molar-refractivity contribution in [2.24, 2.45) is 0 Å². The number of rotatable bonds is 8. The number of carbonyl (C=O) groups excluding carboxylic acids is 1. The molecule has 2 aromatic rings. The first kappa shape index (κ1) is 28.2. The summed E-state index contributed by atoms with van der Waals surface area (Å²) in [5.74, 6) is 0.498. The average Bonchev–Trinajstić information content (AvgIpc) is 2.80. The summed E-state index contributed by atoms with van der Waals surface area (Å²) in [6.07, 6.45) is 9.32. The number of aliphatic hydroxyl groups excluding tert-OH is 1. The van der Waals surface area contributed by atoms with Gasteiger partial charge in [0.15, 0.2) is 0 Å². The molecule has 0 radical (unpaired) electrons. The third-order valence-corrected chi connectivity index (χ3v) is 5.91. The van der Waals surface area contributed by atoms with Crippen LogP contribution in [0.25, 0.3) is 16.3 Å². The molecule has 0 aliphatic carbocycles. The van der Waals surface area contributed by atoms with Crippen LogP contribution in [0.4, 0.5) is 10.6 Å². The summed E-state index contributed by atoms with van der Waals surface area (Å²) < 4.78 is 5.44. The molecule has 0 bridgehead atoms. The summed E-state index contributed by atoms with van der Waals surface area (Å²) in [6.45, 7) is 15.8. The molecule has 0 aromatic carbocycles. The van der Waals surface area contributed by atoms with Crippen molar-refractivity contribution in [3.05, 3.63) is 59.1 Å². The number of hydrogen-bond donors (Lipinski definition) is 1. The molecule has 0 aliphatic heterocycles. The summed E-state index contributed by atoms with van der Waals surface area (Å²) in [6, 6.07) is 3.84. The first-order valence-electron chi connectivity index (χ1n) is 12.4. The lowest BCUT2D eigenvalue weighted by Crippen LogP contribution is -2.34. The van der Waals surface area contributed by atoms with Crippen molar-refractivity contribution >= 4 is 28.3 Å². The second-order valence-corrected chi connectivity index (χ2v) is 9.92. The molecular formula is C29H41N3O3. The summed E-state index contributed by atoms with van der Waals surface area (Å²) in [5, 5.41) is 12.5. The third kappa shape index (κ3) is 7.49. The zero-order chi connectivity index (χ0) is 26.3. The van der Waals surface area contributed by atoms with E-state index in [0.717, 1.165) is 52.4 Å². The molecule has 1 N–H and O–H groups in total. The molecule has 2 heterocycles. The first-order chi connectivity index (χ1) is 16.4. The minimum absolute atomic E-state index is 0.456. The second-order valence-electron chi connectivity index (χ2n) is 9.92. The molecule has 6 nitrogen and oxygen atoms in total. The Hall–Kier alpha value is -2.99. The van der Waals surface area contributed by atoms with Gasteiger partial charge in [0.1, 0.15) is 11.4 Å². The lowest BCUT2D eigenvalue weighted by molar-refractivity contribution is 0.0588. The van der Waals surface area contributed by atoms with Crippen LogP contribution in [0.15, 0.2) is 53.4 Å². The summed E-state index contributed by atoms with van der Waals surface area (Å²) in [7, 11) is 1.65. The molecule has 2 rings (SSSR count). The molecule has 2 aromatic heterocycles. The summed E-state index contributed by atoms with van der Waals surface area (Å²) in [5.41, 5.74) is 4.49. The van der Waals surface area contributed by atoms with Gasteiger partial charge in [-0.3, -0.25) is 9.88 Å². The topological polar surface area (TPSA) is 75.6 Å². The first-order valence-corrected chi connectivity index (χ1v) is 12.4. The smallest absolute Gasteiger partial charge is 0.415 e. The Balaban J connectivity index is 2.40. The van der Waals surface area contributed by atoms with Gasteiger partial charge in [0.05, 0.1) is 11.8 Å². The van der Waals surface area contributed by atoms with Gasteiger partial charge in [0.25, 0.3) is 0 Å². The summed E-state index contributed by atoms with van der Waals surface area (Å²) >= 11 is 0. The molecule has 6 heteroatoms. The van der Waals surface area contributed by atoms with E-state index in [1.807, 2.05) is 45.9 Å². The van der Waals surface area contributed by atoms with E-state index < -0.39 is 17.8 Å². The van der Waals surface area contributed by atoms with Gasteiger partial charge < -0.3 is 9.84 Å². The number of hydrogen-bond acceptors (Lipinski definition) is 5. The largest absolute Gasteiger partial charge is 0.443 e. The number of aromatic nitrogens is 2. The van der Waals surface area contributed by atoms with Gasteiger partial charge >= 0.3 is 6.09 Å². The fourth-order valence-corrected chi connectivity index (χ4v) is 3.81. The van der Waals surface area contributed by atoms with Crippen molar-refractivity contribution in [2.75, 3.05) is 11.9 Å². The van der Waals surface area contributed by atoms with E-state index in [9.17, 15) is 9.90 Å². The van der Waals surface area contributed by atoms with Gasteiger partial charge in [-0.05, 0) is 83.2 Å². The Kier molecular flexibility index (Phi) is 9.78. The SMILES string of the molecule is C\C=C(/C(C)=C\C(=C(/C)CC)C(O)CCC)c1cc2cnc(N(C)C(=O)OC(C)(C)C)cc2cn1. The lowest BCUT2D eigenvalue weighted by Gasteiger charge is -2.24. The normalized spacial score (nSPS) is 14.6. The Labute approximate surface area is 210 Å². The zero-order valence-corrected chi connectivity index (χ0v) is 22.8.